The Morgan fingerprint density at radius 2 is 1.78 bits per heavy atom. The predicted octanol–water partition coefficient (Wildman–Crippen LogP) is 3.53. The maximum absolute atomic E-state index is 13.2. The van der Waals surface area contributed by atoms with Crippen LogP contribution in [0.4, 0.5) is 23.7 Å². The van der Waals surface area contributed by atoms with Crippen molar-refractivity contribution in [2.45, 2.75) is 25.6 Å². The molecule has 8 heteroatoms. The first-order valence-electron chi connectivity index (χ1n) is 8.05. The van der Waals surface area contributed by atoms with Gasteiger partial charge in [0.25, 0.3) is 5.91 Å². The van der Waals surface area contributed by atoms with Crippen LogP contribution in [0.25, 0.3) is 0 Å². The average Bonchev–Trinajstić information content (AvgIpc) is 3.16. The molecule has 1 aliphatic carbocycles. The van der Waals surface area contributed by atoms with E-state index in [9.17, 15) is 22.8 Å². The molecule has 1 saturated heterocycles. The fourth-order valence-electron chi connectivity index (χ4n) is 3.03. The lowest BCUT2D eigenvalue weighted by Gasteiger charge is -2.29. The zero-order valence-corrected chi connectivity index (χ0v) is 14.5. The normalized spacial score (nSPS) is 20.4. The smallest absolute Gasteiger partial charge is 0.309 e. The first-order chi connectivity index (χ1) is 12.6. The molecule has 0 bridgehead atoms. The second-order valence-electron chi connectivity index (χ2n) is 6.70. The summed E-state index contributed by atoms with van der Waals surface area (Å²) >= 11 is 0. The first kappa shape index (κ1) is 19.2. The van der Waals surface area contributed by atoms with Gasteiger partial charge in [-0.15, -0.1) is 0 Å². The average molecular weight is 374 g/mol. The Hall–Kier alpha value is -2.56. The molecule has 3 rings (SSSR count). The van der Waals surface area contributed by atoms with E-state index in [1.165, 1.54) is 17.0 Å². The third kappa shape index (κ3) is 3.27. The number of alkyl halides is 3. The minimum Gasteiger partial charge on any atom is -0.309 e. The summed E-state index contributed by atoms with van der Waals surface area (Å²) in [6, 6.07) is 3.57. The molecule has 0 unspecified atom stereocenters. The maximum Gasteiger partial charge on any atom is 0.417 e. The lowest BCUT2D eigenvalue weighted by atomic mass is 10.0. The van der Waals surface area contributed by atoms with Gasteiger partial charge in [0.1, 0.15) is 5.54 Å². The molecule has 2 aliphatic rings. The summed E-state index contributed by atoms with van der Waals surface area (Å²) in [5.74, 6) is 0.179. The highest BCUT2D eigenvalue weighted by molar-refractivity contribution is 6.23. The molecule has 27 heavy (non-hydrogen) atoms. The van der Waals surface area contributed by atoms with Crippen molar-refractivity contribution in [1.29, 1.82) is 5.26 Å². The third-order valence-electron chi connectivity index (χ3n) is 4.58. The molecule has 1 aromatic rings. The molecule has 0 atom stereocenters. The van der Waals surface area contributed by atoms with Crippen LogP contribution < -0.4 is 4.90 Å². The molecule has 0 N–H and O–H groups in total. The molecule has 5 radical (unpaired) electrons. The van der Waals surface area contributed by atoms with E-state index in [2.05, 4.69) is 0 Å². The fraction of sp³-hybridized carbons (Fsp3) is 0.263. The summed E-state index contributed by atoms with van der Waals surface area (Å²) in [7, 11) is 0. The highest BCUT2D eigenvalue weighted by Crippen LogP contribution is 2.38. The second kappa shape index (κ2) is 6.55. The molecular weight excluding hydrogens is 359 g/mol. The second-order valence-corrected chi connectivity index (χ2v) is 6.70. The topological polar surface area (TPSA) is 64.4 Å². The minimum atomic E-state index is -4.78. The van der Waals surface area contributed by atoms with E-state index >= 15 is 0 Å². The summed E-state index contributed by atoms with van der Waals surface area (Å²) in [5.41, 5.74) is -3.19. The molecule has 139 valence electrons. The molecule has 3 amide bonds. The quantitative estimate of drug-likeness (QED) is 0.761. The summed E-state index contributed by atoms with van der Waals surface area (Å²) in [4.78, 5) is 27.7. The molecule has 0 aromatic heterocycles. The number of benzene rings is 1. The Bertz CT molecular complexity index is 820. The largest absolute Gasteiger partial charge is 0.417 e. The fourth-order valence-corrected chi connectivity index (χ4v) is 3.03. The van der Waals surface area contributed by atoms with Gasteiger partial charge in [0.2, 0.25) is 0 Å². The molecule has 1 aliphatic heterocycles. The third-order valence-corrected chi connectivity index (χ3v) is 4.58. The van der Waals surface area contributed by atoms with Crippen molar-refractivity contribution in [2.24, 2.45) is 0 Å². The Balaban J connectivity index is 1.98. The number of nitrogens with zero attached hydrogens (tertiary/aromatic N) is 3. The molecule has 1 saturated carbocycles. The molecule has 2 fully saturated rings. The number of hydrogen-bond acceptors (Lipinski definition) is 3. The number of imide groups is 1. The number of amides is 3. The van der Waals surface area contributed by atoms with Gasteiger partial charge in [-0.3, -0.25) is 4.79 Å². The Labute approximate surface area is 155 Å². The zero-order valence-electron chi connectivity index (χ0n) is 14.5. The molecular formula is C19H15F3N3O2. The maximum atomic E-state index is 13.2. The van der Waals surface area contributed by atoms with E-state index in [0.717, 1.165) is 16.9 Å². The monoisotopic (exact) mass is 374 g/mol. The summed E-state index contributed by atoms with van der Waals surface area (Å²) in [6.45, 7) is 3.25. The summed E-state index contributed by atoms with van der Waals surface area (Å²) < 4.78 is 39.7. The summed E-state index contributed by atoms with van der Waals surface area (Å²) in [5, 5.41) is 8.91. The number of anilines is 1. The van der Waals surface area contributed by atoms with Crippen LogP contribution >= 0.6 is 0 Å². The van der Waals surface area contributed by atoms with Crippen molar-refractivity contribution in [2.75, 3.05) is 11.4 Å². The van der Waals surface area contributed by atoms with E-state index in [0.29, 0.717) is 6.07 Å². The predicted molar refractivity (Wildman–Crippen MR) is 90.3 cm³/mol. The van der Waals surface area contributed by atoms with Gasteiger partial charge in [0.05, 0.1) is 22.9 Å². The number of hydrogen-bond donors (Lipinski definition) is 0. The lowest BCUT2D eigenvalue weighted by Crippen LogP contribution is -2.45. The van der Waals surface area contributed by atoms with Crippen LogP contribution in [0.2, 0.25) is 0 Å². The minimum absolute atomic E-state index is 0.156. The van der Waals surface area contributed by atoms with Crippen LogP contribution in [0, 0.1) is 42.9 Å². The van der Waals surface area contributed by atoms with Crippen molar-refractivity contribution < 1.29 is 22.8 Å². The lowest BCUT2D eigenvalue weighted by molar-refractivity contribution is -0.137. The van der Waals surface area contributed by atoms with Crippen molar-refractivity contribution in [3.8, 4) is 6.07 Å². The van der Waals surface area contributed by atoms with Crippen LogP contribution in [0.15, 0.2) is 18.2 Å². The number of nitriles is 1. The number of halogens is 3. The van der Waals surface area contributed by atoms with Crippen molar-refractivity contribution in [3.05, 3.63) is 60.9 Å². The molecule has 0 spiro atoms. The van der Waals surface area contributed by atoms with E-state index < -0.39 is 34.8 Å². The van der Waals surface area contributed by atoms with Gasteiger partial charge in [-0.25, -0.2) is 9.69 Å². The van der Waals surface area contributed by atoms with Gasteiger partial charge in [0, 0.05) is 12.5 Å². The van der Waals surface area contributed by atoms with Crippen LogP contribution in [0.3, 0.4) is 0 Å². The molecule has 1 heterocycles. The number of carbonyl (C=O) groups is 2. The number of rotatable bonds is 3. The van der Waals surface area contributed by atoms with Gasteiger partial charge >= 0.3 is 12.2 Å². The zero-order chi connectivity index (χ0) is 20.0. The van der Waals surface area contributed by atoms with E-state index in [1.54, 1.807) is 39.5 Å². The number of carbonyl (C=O) groups excluding carboxylic acids is 2. The SMILES string of the molecule is CC1(C)C(=O)N(c2ccc(C#N)c(C(F)(F)F)c2)C(=O)N1C[C]1[CH][CH][CH][CH]1. The summed E-state index contributed by atoms with van der Waals surface area (Å²) in [6.07, 6.45) is 2.38. The Morgan fingerprint density at radius 3 is 2.33 bits per heavy atom. The van der Waals surface area contributed by atoms with Crippen LogP contribution in [-0.4, -0.2) is 28.9 Å². The first-order valence-corrected chi connectivity index (χ1v) is 8.05. The van der Waals surface area contributed by atoms with E-state index in [4.69, 9.17) is 5.26 Å². The Morgan fingerprint density at radius 1 is 1.15 bits per heavy atom. The molecule has 5 nitrogen and oxygen atoms in total. The van der Waals surface area contributed by atoms with Crippen LogP contribution in [-0.2, 0) is 11.0 Å². The van der Waals surface area contributed by atoms with Gasteiger partial charge in [0.15, 0.2) is 0 Å². The standard InChI is InChI=1S/C19H15F3N3O2/c1-18(2)16(26)25(17(27)24(18)11-12-5-3-4-6-12)14-8-7-13(10-23)15(9-14)19(20,21)22/h3-9H,11H2,1-2H3. The van der Waals surface area contributed by atoms with Gasteiger partial charge in [-0.1, -0.05) is 0 Å². The van der Waals surface area contributed by atoms with Gasteiger partial charge in [-0.2, -0.15) is 18.4 Å². The van der Waals surface area contributed by atoms with E-state index in [-0.39, 0.29) is 12.2 Å². The highest BCUT2D eigenvalue weighted by Gasteiger charge is 2.52. The number of urea groups is 1. The van der Waals surface area contributed by atoms with Gasteiger partial charge in [-0.05, 0) is 57.7 Å². The van der Waals surface area contributed by atoms with Crippen molar-refractivity contribution in [1.82, 2.24) is 4.90 Å². The van der Waals surface area contributed by atoms with Crippen molar-refractivity contribution in [3.63, 3.8) is 0 Å². The van der Waals surface area contributed by atoms with Crippen molar-refractivity contribution >= 4 is 17.6 Å². The highest BCUT2D eigenvalue weighted by atomic mass is 19.4. The Kier molecular flexibility index (Phi) is 4.66. The van der Waals surface area contributed by atoms with E-state index in [1.807, 2.05) is 0 Å². The van der Waals surface area contributed by atoms with Crippen LogP contribution in [0.5, 0.6) is 0 Å². The van der Waals surface area contributed by atoms with Gasteiger partial charge < -0.3 is 4.90 Å². The van der Waals surface area contributed by atoms with Crippen LogP contribution in [0.1, 0.15) is 25.0 Å². The molecule has 1 aromatic carbocycles.